The van der Waals surface area contributed by atoms with Crippen LogP contribution in [0, 0.1) is 0 Å². The normalized spacial score (nSPS) is 10.1. The van der Waals surface area contributed by atoms with Crippen molar-refractivity contribution in [2.45, 2.75) is 25.0 Å². The van der Waals surface area contributed by atoms with E-state index in [1.165, 1.54) is 12.8 Å². The van der Waals surface area contributed by atoms with Gasteiger partial charge in [0.05, 0.1) is 6.20 Å². The number of nitrogens with zero attached hydrogens (tertiary/aromatic N) is 1. The third kappa shape index (κ3) is 2.43. The Balaban J connectivity index is 2.15. The molecule has 56 valence electrons. The van der Waals surface area contributed by atoms with Gasteiger partial charge in [-0.25, -0.2) is 4.98 Å². The van der Waals surface area contributed by atoms with Crippen LogP contribution in [0.15, 0.2) is 22.1 Å². The van der Waals surface area contributed by atoms with Crippen molar-refractivity contribution in [3.05, 3.63) is 12.5 Å². The molecule has 0 saturated carbocycles. The molecule has 0 amide bonds. The standard InChI is InChI=1S/C7H11NOS/c1-2-3-6-10-7-8-4-5-9-7/h4-5H,2-3,6H2,1H3. The van der Waals surface area contributed by atoms with Gasteiger partial charge in [0.2, 0.25) is 0 Å². The lowest BCUT2D eigenvalue weighted by atomic mass is 10.4. The number of oxazole rings is 1. The summed E-state index contributed by atoms with van der Waals surface area (Å²) >= 11 is 1.67. The molecule has 0 N–H and O–H groups in total. The molecule has 0 aliphatic carbocycles. The second-order valence-corrected chi connectivity index (χ2v) is 3.05. The quantitative estimate of drug-likeness (QED) is 0.496. The van der Waals surface area contributed by atoms with E-state index in [-0.39, 0.29) is 0 Å². The largest absolute Gasteiger partial charge is 0.440 e. The highest BCUT2D eigenvalue weighted by Crippen LogP contribution is 2.15. The van der Waals surface area contributed by atoms with Crippen LogP contribution in [-0.2, 0) is 0 Å². The minimum absolute atomic E-state index is 0.786. The zero-order valence-corrected chi connectivity index (χ0v) is 6.86. The van der Waals surface area contributed by atoms with Crippen LogP contribution in [0.4, 0.5) is 0 Å². The fraction of sp³-hybridized carbons (Fsp3) is 0.571. The van der Waals surface area contributed by atoms with Gasteiger partial charge in [0.15, 0.2) is 0 Å². The maximum absolute atomic E-state index is 5.03. The van der Waals surface area contributed by atoms with Crippen molar-refractivity contribution in [2.24, 2.45) is 0 Å². The minimum atomic E-state index is 0.786. The summed E-state index contributed by atoms with van der Waals surface area (Å²) in [5.41, 5.74) is 0. The highest BCUT2D eigenvalue weighted by Gasteiger charge is 1.95. The Labute approximate surface area is 65.0 Å². The van der Waals surface area contributed by atoms with Crippen LogP contribution in [0.2, 0.25) is 0 Å². The Morgan fingerprint density at radius 1 is 1.70 bits per heavy atom. The Kier molecular flexibility index (Phi) is 3.36. The highest BCUT2D eigenvalue weighted by molar-refractivity contribution is 7.99. The second-order valence-electron chi connectivity index (χ2n) is 2.00. The van der Waals surface area contributed by atoms with Gasteiger partial charge in [0.1, 0.15) is 6.26 Å². The Hall–Kier alpha value is -0.440. The topological polar surface area (TPSA) is 26.0 Å². The van der Waals surface area contributed by atoms with Crippen molar-refractivity contribution < 1.29 is 4.42 Å². The van der Waals surface area contributed by atoms with Crippen LogP contribution in [-0.4, -0.2) is 10.7 Å². The number of unbranched alkanes of at least 4 members (excludes halogenated alkanes) is 1. The van der Waals surface area contributed by atoms with Crippen molar-refractivity contribution in [2.75, 3.05) is 5.75 Å². The predicted octanol–water partition coefficient (Wildman–Crippen LogP) is 2.57. The predicted molar refractivity (Wildman–Crippen MR) is 42.1 cm³/mol. The van der Waals surface area contributed by atoms with Crippen LogP contribution in [0.1, 0.15) is 19.8 Å². The molecule has 0 atom stereocenters. The maximum Gasteiger partial charge on any atom is 0.255 e. The zero-order chi connectivity index (χ0) is 7.23. The number of thioether (sulfide) groups is 1. The van der Waals surface area contributed by atoms with Crippen LogP contribution < -0.4 is 0 Å². The molecule has 0 aromatic carbocycles. The molecule has 0 aliphatic rings. The molecular formula is C7H11NOS. The molecular weight excluding hydrogens is 146 g/mol. The summed E-state index contributed by atoms with van der Waals surface area (Å²) in [5, 5.41) is 0.786. The first-order valence-corrected chi connectivity index (χ1v) is 4.44. The van der Waals surface area contributed by atoms with Crippen LogP contribution in [0.3, 0.4) is 0 Å². The summed E-state index contributed by atoms with van der Waals surface area (Å²) < 4.78 is 5.03. The van der Waals surface area contributed by atoms with E-state index in [4.69, 9.17) is 4.42 Å². The van der Waals surface area contributed by atoms with Crippen LogP contribution in [0.25, 0.3) is 0 Å². The van der Waals surface area contributed by atoms with Crippen molar-refractivity contribution in [3.8, 4) is 0 Å². The number of aromatic nitrogens is 1. The number of hydrogen-bond donors (Lipinski definition) is 0. The van der Waals surface area contributed by atoms with E-state index in [9.17, 15) is 0 Å². The lowest BCUT2D eigenvalue weighted by Crippen LogP contribution is -1.76. The Bertz CT molecular complexity index is 162. The molecule has 0 saturated heterocycles. The van der Waals surface area contributed by atoms with Gasteiger partial charge in [0, 0.05) is 5.75 Å². The molecule has 0 unspecified atom stereocenters. The first-order chi connectivity index (χ1) is 4.93. The minimum Gasteiger partial charge on any atom is -0.440 e. The molecule has 1 rings (SSSR count). The molecule has 1 aromatic heterocycles. The molecule has 0 aliphatic heterocycles. The SMILES string of the molecule is CCCCSc1ncco1. The van der Waals surface area contributed by atoms with E-state index in [0.29, 0.717) is 0 Å². The molecule has 2 nitrogen and oxygen atoms in total. The lowest BCUT2D eigenvalue weighted by Gasteiger charge is -1.91. The lowest BCUT2D eigenvalue weighted by molar-refractivity contribution is 0.454. The first-order valence-electron chi connectivity index (χ1n) is 3.45. The van der Waals surface area contributed by atoms with E-state index in [1.54, 1.807) is 24.2 Å². The summed E-state index contributed by atoms with van der Waals surface area (Å²) in [5.74, 6) is 1.11. The van der Waals surface area contributed by atoms with Gasteiger partial charge < -0.3 is 4.42 Å². The van der Waals surface area contributed by atoms with E-state index < -0.39 is 0 Å². The van der Waals surface area contributed by atoms with Gasteiger partial charge in [-0.2, -0.15) is 0 Å². The molecule has 0 fully saturated rings. The van der Waals surface area contributed by atoms with Gasteiger partial charge in [-0.15, -0.1) is 0 Å². The van der Waals surface area contributed by atoms with Gasteiger partial charge in [-0.3, -0.25) is 0 Å². The smallest absolute Gasteiger partial charge is 0.255 e. The monoisotopic (exact) mass is 157 g/mol. The van der Waals surface area contributed by atoms with Crippen LogP contribution >= 0.6 is 11.8 Å². The Morgan fingerprint density at radius 2 is 2.60 bits per heavy atom. The summed E-state index contributed by atoms with van der Waals surface area (Å²) in [6.45, 7) is 2.18. The second kappa shape index (κ2) is 4.39. The average molecular weight is 157 g/mol. The molecule has 1 aromatic rings. The van der Waals surface area contributed by atoms with Gasteiger partial charge in [-0.05, 0) is 6.42 Å². The summed E-state index contributed by atoms with van der Waals surface area (Å²) in [7, 11) is 0. The molecule has 0 spiro atoms. The Morgan fingerprint density at radius 3 is 3.20 bits per heavy atom. The molecule has 3 heteroatoms. The molecule has 10 heavy (non-hydrogen) atoms. The van der Waals surface area contributed by atoms with Gasteiger partial charge >= 0.3 is 0 Å². The first kappa shape index (κ1) is 7.66. The van der Waals surface area contributed by atoms with E-state index in [2.05, 4.69) is 11.9 Å². The van der Waals surface area contributed by atoms with E-state index >= 15 is 0 Å². The zero-order valence-electron chi connectivity index (χ0n) is 6.04. The fourth-order valence-electron chi connectivity index (χ4n) is 0.585. The van der Waals surface area contributed by atoms with Crippen molar-refractivity contribution in [1.29, 1.82) is 0 Å². The van der Waals surface area contributed by atoms with Gasteiger partial charge in [0.25, 0.3) is 5.22 Å². The van der Waals surface area contributed by atoms with E-state index in [1.807, 2.05) is 0 Å². The van der Waals surface area contributed by atoms with Crippen LogP contribution in [0.5, 0.6) is 0 Å². The molecule has 0 radical (unpaired) electrons. The van der Waals surface area contributed by atoms with Crippen molar-refractivity contribution in [3.63, 3.8) is 0 Å². The summed E-state index contributed by atoms with van der Waals surface area (Å²) in [4.78, 5) is 3.98. The number of rotatable bonds is 4. The summed E-state index contributed by atoms with van der Waals surface area (Å²) in [6.07, 6.45) is 5.74. The summed E-state index contributed by atoms with van der Waals surface area (Å²) in [6, 6.07) is 0. The molecule has 0 bridgehead atoms. The van der Waals surface area contributed by atoms with Gasteiger partial charge in [-0.1, -0.05) is 25.1 Å². The third-order valence-electron chi connectivity index (χ3n) is 1.13. The average Bonchev–Trinajstić information content (AvgIpc) is 2.41. The van der Waals surface area contributed by atoms with Crippen molar-refractivity contribution >= 4 is 11.8 Å². The number of hydrogen-bond acceptors (Lipinski definition) is 3. The van der Waals surface area contributed by atoms with E-state index in [0.717, 1.165) is 11.0 Å². The third-order valence-corrected chi connectivity index (χ3v) is 2.07. The maximum atomic E-state index is 5.03. The fourth-order valence-corrected chi connectivity index (χ4v) is 1.45. The highest BCUT2D eigenvalue weighted by atomic mass is 32.2. The van der Waals surface area contributed by atoms with Crippen molar-refractivity contribution in [1.82, 2.24) is 4.98 Å². The molecule has 1 heterocycles.